The van der Waals surface area contributed by atoms with Crippen molar-refractivity contribution < 1.29 is 31.9 Å². The van der Waals surface area contributed by atoms with Crippen LogP contribution in [0.3, 0.4) is 0 Å². The number of ether oxygens (including phenoxy) is 2. The zero-order chi connectivity index (χ0) is 17.7. The maximum absolute atomic E-state index is 13.4. The van der Waals surface area contributed by atoms with Gasteiger partial charge in [0.15, 0.2) is 5.60 Å². The lowest BCUT2D eigenvalue weighted by molar-refractivity contribution is -0.139. The molecule has 3 rings (SSSR count). The molecule has 1 heterocycles. The first kappa shape index (κ1) is 17.0. The highest BCUT2D eigenvalue weighted by atomic mass is 79.9. The molecule has 0 saturated heterocycles. The summed E-state index contributed by atoms with van der Waals surface area (Å²) in [6, 6.07) is 2.80. The van der Waals surface area contributed by atoms with Gasteiger partial charge in [0.2, 0.25) is 5.78 Å². The molecule has 0 N–H and O–H groups in total. The van der Waals surface area contributed by atoms with E-state index in [0.29, 0.717) is 11.1 Å². The molecule has 1 aliphatic rings. The zero-order valence-electron chi connectivity index (χ0n) is 12.7. The molecule has 1 aliphatic carbocycles. The summed E-state index contributed by atoms with van der Waals surface area (Å²) >= 11 is 2.94. The first-order valence-corrected chi connectivity index (χ1v) is 7.64. The van der Waals surface area contributed by atoms with Gasteiger partial charge in [0, 0.05) is 29.1 Å². The predicted molar refractivity (Wildman–Crippen MR) is 81.1 cm³/mol. The molecule has 1 aromatic heterocycles. The molecule has 1 atom stereocenters. The molecule has 0 radical (unpaired) electrons. The Balaban J connectivity index is 2.25. The second kappa shape index (κ2) is 5.63. The number of hydrogen-bond acceptors (Lipinski definition) is 4. The monoisotopic (exact) mass is 404 g/mol. The topological polar surface area (TPSA) is 48.7 Å². The molecule has 0 amide bonds. The molecule has 24 heavy (non-hydrogen) atoms. The summed E-state index contributed by atoms with van der Waals surface area (Å²) in [7, 11) is 2.49. The number of hydrogen-bond donors (Lipinski definition) is 0. The third-order valence-electron chi connectivity index (χ3n) is 4.18. The summed E-state index contributed by atoms with van der Waals surface area (Å²) in [6.45, 7) is 0. The largest absolute Gasteiger partial charge is 0.496 e. The van der Waals surface area contributed by atoms with Crippen LogP contribution in [0.25, 0.3) is 0 Å². The van der Waals surface area contributed by atoms with Gasteiger partial charge in [0.25, 0.3) is 0 Å². The van der Waals surface area contributed by atoms with E-state index >= 15 is 0 Å². The highest BCUT2D eigenvalue weighted by Gasteiger charge is 2.51. The number of Topliss-reactive ketones (excluding diaryl/α,β-unsaturated/α-hetero) is 1. The summed E-state index contributed by atoms with van der Waals surface area (Å²) in [5, 5.41) is 0. The van der Waals surface area contributed by atoms with Crippen molar-refractivity contribution in [1.82, 2.24) is 0 Å². The molecule has 1 unspecified atom stereocenters. The fourth-order valence-electron chi connectivity index (χ4n) is 3.05. The van der Waals surface area contributed by atoms with Gasteiger partial charge >= 0.3 is 6.18 Å². The molecule has 1 aromatic carbocycles. The van der Waals surface area contributed by atoms with Crippen LogP contribution in [-0.2, 0) is 22.9 Å². The molecule has 8 heteroatoms. The summed E-state index contributed by atoms with van der Waals surface area (Å²) in [5.41, 5.74) is -1.61. The van der Waals surface area contributed by atoms with Crippen molar-refractivity contribution in [3.8, 4) is 5.75 Å². The summed E-state index contributed by atoms with van der Waals surface area (Å²) in [4.78, 5) is 12.9. The van der Waals surface area contributed by atoms with Crippen LogP contribution in [0.1, 0.15) is 27.0 Å². The van der Waals surface area contributed by atoms with Gasteiger partial charge in [0.05, 0.1) is 19.6 Å². The Morgan fingerprint density at radius 3 is 2.54 bits per heavy atom. The number of halogens is 4. The minimum Gasteiger partial charge on any atom is -0.496 e. The van der Waals surface area contributed by atoms with Gasteiger partial charge in [-0.05, 0) is 33.6 Å². The fourth-order valence-corrected chi connectivity index (χ4v) is 3.90. The molecule has 0 aliphatic heterocycles. The van der Waals surface area contributed by atoms with Gasteiger partial charge in [0.1, 0.15) is 11.3 Å². The van der Waals surface area contributed by atoms with Gasteiger partial charge in [-0.3, -0.25) is 4.79 Å². The lowest BCUT2D eigenvalue weighted by Crippen LogP contribution is -2.35. The second-order valence-electron chi connectivity index (χ2n) is 5.35. The van der Waals surface area contributed by atoms with Gasteiger partial charge in [-0.25, -0.2) is 0 Å². The van der Waals surface area contributed by atoms with Crippen molar-refractivity contribution in [2.45, 2.75) is 18.2 Å². The Hall–Kier alpha value is -1.80. The number of fused-ring (bicyclic) bond motifs is 1. The van der Waals surface area contributed by atoms with Crippen molar-refractivity contribution in [2.24, 2.45) is 0 Å². The normalized spacial score (nSPS) is 20.3. The van der Waals surface area contributed by atoms with Crippen LogP contribution in [0.15, 0.2) is 33.5 Å². The number of benzene rings is 1. The van der Waals surface area contributed by atoms with Gasteiger partial charge in [-0.1, -0.05) is 0 Å². The van der Waals surface area contributed by atoms with Crippen molar-refractivity contribution in [1.29, 1.82) is 0 Å². The number of rotatable bonds is 3. The molecule has 0 bridgehead atoms. The van der Waals surface area contributed by atoms with Crippen molar-refractivity contribution in [3.05, 3.63) is 51.4 Å². The third kappa shape index (κ3) is 2.28. The number of carbonyl (C=O) groups is 1. The lowest BCUT2D eigenvalue weighted by atomic mass is 9.91. The van der Waals surface area contributed by atoms with E-state index in [1.54, 1.807) is 6.07 Å². The van der Waals surface area contributed by atoms with E-state index < -0.39 is 23.1 Å². The highest BCUT2D eigenvalue weighted by Crippen LogP contribution is 2.50. The van der Waals surface area contributed by atoms with Crippen molar-refractivity contribution >= 4 is 21.7 Å². The van der Waals surface area contributed by atoms with E-state index in [2.05, 4.69) is 15.9 Å². The van der Waals surface area contributed by atoms with Gasteiger partial charge in [-0.2, -0.15) is 13.2 Å². The number of carbonyl (C=O) groups excluding carboxylic acids is 1. The van der Waals surface area contributed by atoms with Crippen LogP contribution in [0.5, 0.6) is 5.75 Å². The average molecular weight is 405 g/mol. The Morgan fingerprint density at radius 1 is 1.33 bits per heavy atom. The van der Waals surface area contributed by atoms with E-state index in [0.717, 1.165) is 7.11 Å². The number of alkyl halides is 3. The molecule has 4 nitrogen and oxygen atoms in total. The lowest BCUT2D eigenvalue weighted by Gasteiger charge is -2.24. The Labute approximate surface area is 143 Å². The molecule has 128 valence electrons. The van der Waals surface area contributed by atoms with Crippen LogP contribution in [-0.4, -0.2) is 20.0 Å². The Bertz CT molecular complexity index is 799. The van der Waals surface area contributed by atoms with Crippen molar-refractivity contribution in [2.75, 3.05) is 14.2 Å². The number of ketones is 1. The van der Waals surface area contributed by atoms with Crippen LogP contribution in [0.4, 0.5) is 13.2 Å². The smallest absolute Gasteiger partial charge is 0.421 e. The molecule has 0 saturated carbocycles. The predicted octanol–water partition coefficient (Wildman–Crippen LogP) is 4.35. The van der Waals surface area contributed by atoms with Crippen LogP contribution in [0.2, 0.25) is 0 Å². The van der Waals surface area contributed by atoms with Crippen LogP contribution in [0, 0.1) is 0 Å². The highest BCUT2D eigenvalue weighted by molar-refractivity contribution is 9.10. The maximum atomic E-state index is 13.4. The van der Waals surface area contributed by atoms with E-state index in [1.807, 2.05) is 0 Å². The summed E-state index contributed by atoms with van der Waals surface area (Å²) in [5.74, 6) is -0.901. The summed E-state index contributed by atoms with van der Waals surface area (Å²) < 4.78 is 55.1. The number of furan rings is 1. The van der Waals surface area contributed by atoms with Gasteiger partial charge < -0.3 is 13.9 Å². The first-order valence-electron chi connectivity index (χ1n) is 6.85. The molecular formula is C16H12BrF3O4. The van der Waals surface area contributed by atoms with Crippen LogP contribution >= 0.6 is 15.9 Å². The minimum atomic E-state index is -4.67. The third-order valence-corrected chi connectivity index (χ3v) is 4.98. The minimum absolute atomic E-state index is 0.0498. The maximum Gasteiger partial charge on any atom is 0.421 e. The summed E-state index contributed by atoms with van der Waals surface area (Å²) in [6.07, 6.45) is -1.86. The molecular weight excluding hydrogens is 393 g/mol. The zero-order valence-corrected chi connectivity index (χ0v) is 14.2. The van der Waals surface area contributed by atoms with E-state index in [1.165, 1.54) is 25.7 Å². The molecule has 0 spiro atoms. The molecule has 0 fully saturated rings. The Morgan fingerprint density at radius 2 is 2.04 bits per heavy atom. The van der Waals surface area contributed by atoms with Gasteiger partial charge in [-0.15, -0.1) is 0 Å². The standard InChI is InChI=1S/C16H12BrF3O4/c1-22-10-5-8-6-15(23-2,9-3-4-24-7-9)14(21)11(8)13(17)12(10)16(18,19)20/h3-5,7H,6H2,1-2H3. The average Bonchev–Trinajstić information content (AvgIpc) is 3.12. The van der Waals surface area contributed by atoms with Crippen LogP contribution < -0.4 is 4.74 Å². The van der Waals surface area contributed by atoms with E-state index in [4.69, 9.17) is 13.9 Å². The molecule has 2 aromatic rings. The SMILES string of the molecule is COc1cc2c(c(Br)c1C(F)(F)F)C(=O)C(OC)(c1ccoc1)C2. The first-order chi connectivity index (χ1) is 11.3. The van der Waals surface area contributed by atoms with E-state index in [-0.39, 0.29) is 22.2 Å². The fraction of sp³-hybridized carbons (Fsp3) is 0.312. The Kier molecular flexibility index (Phi) is 4.00. The van der Waals surface area contributed by atoms with E-state index in [9.17, 15) is 18.0 Å². The van der Waals surface area contributed by atoms with Crippen molar-refractivity contribution in [3.63, 3.8) is 0 Å². The second-order valence-corrected chi connectivity index (χ2v) is 6.14. The quantitative estimate of drug-likeness (QED) is 0.762. The number of methoxy groups -OCH3 is 2.